The van der Waals surface area contributed by atoms with Crippen LogP contribution < -0.4 is 11.5 Å². The van der Waals surface area contributed by atoms with Crippen LogP contribution in [-0.4, -0.2) is 10.1 Å². The van der Waals surface area contributed by atoms with Crippen molar-refractivity contribution in [2.24, 2.45) is 11.7 Å². The van der Waals surface area contributed by atoms with Crippen molar-refractivity contribution in [1.29, 1.82) is 0 Å². The number of nitrogens with one attached hydrogen (secondary N) is 1. The summed E-state index contributed by atoms with van der Waals surface area (Å²) in [5.41, 5.74) is 5.66. The largest absolute Gasteiger partial charge is 0.438 e. The molecule has 1 aromatic rings. The lowest BCUT2D eigenvalue weighted by Gasteiger charge is -2.09. The van der Waals surface area contributed by atoms with Gasteiger partial charge in [-0.15, -0.1) is 0 Å². The molecule has 1 aromatic heterocycles. The lowest BCUT2D eigenvalue weighted by atomic mass is 10.1. The summed E-state index contributed by atoms with van der Waals surface area (Å²) in [6.07, 6.45) is 0. The summed E-state index contributed by atoms with van der Waals surface area (Å²) >= 11 is 0. The second-order valence-corrected chi connectivity index (χ2v) is 2.75. The van der Waals surface area contributed by atoms with Crippen LogP contribution in [0.4, 0.5) is 0 Å². The molecule has 62 valence electrons. The van der Waals surface area contributed by atoms with Gasteiger partial charge in [0.25, 0.3) is 0 Å². The molecule has 1 rings (SSSR count). The summed E-state index contributed by atoms with van der Waals surface area (Å²) in [4.78, 5) is 12.9. The fourth-order valence-electron chi connectivity index (χ4n) is 0.701. The van der Waals surface area contributed by atoms with Crippen molar-refractivity contribution in [3.8, 4) is 0 Å². The van der Waals surface area contributed by atoms with Gasteiger partial charge in [-0.05, 0) is 5.92 Å². The Morgan fingerprint density at radius 2 is 2.27 bits per heavy atom. The highest BCUT2D eigenvalue weighted by Crippen LogP contribution is 2.12. The normalized spacial score (nSPS) is 13.8. The van der Waals surface area contributed by atoms with E-state index in [4.69, 9.17) is 5.73 Å². The predicted octanol–water partition coefficient (Wildman–Crippen LogP) is 0.0187. The molecule has 5 nitrogen and oxygen atoms in total. The minimum Gasteiger partial charge on any atom is -0.321 e. The average Bonchev–Trinajstić information content (AvgIpc) is 2.34. The summed E-state index contributed by atoms with van der Waals surface area (Å²) in [7, 11) is 0. The summed E-state index contributed by atoms with van der Waals surface area (Å²) < 4.78 is 4.29. The van der Waals surface area contributed by atoms with Gasteiger partial charge in [0.05, 0.1) is 6.04 Å². The van der Waals surface area contributed by atoms with Crippen LogP contribution in [-0.2, 0) is 0 Å². The van der Waals surface area contributed by atoms with Gasteiger partial charge in [0.15, 0.2) is 5.82 Å². The number of H-pyrrole nitrogens is 1. The summed E-state index contributed by atoms with van der Waals surface area (Å²) in [5, 5.41) is 3.47. The number of nitrogens with two attached hydrogens (primary N) is 1. The fourth-order valence-corrected chi connectivity index (χ4v) is 0.701. The highest BCUT2D eigenvalue weighted by Gasteiger charge is 2.14. The van der Waals surface area contributed by atoms with E-state index < -0.39 is 5.76 Å². The number of aromatic nitrogens is 2. The molecule has 0 spiro atoms. The Morgan fingerprint density at radius 1 is 1.64 bits per heavy atom. The van der Waals surface area contributed by atoms with Gasteiger partial charge in [-0.25, -0.2) is 4.79 Å². The maximum absolute atomic E-state index is 10.5. The van der Waals surface area contributed by atoms with Crippen molar-refractivity contribution in [3.05, 3.63) is 16.4 Å². The van der Waals surface area contributed by atoms with Crippen LogP contribution in [0.1, 0.15) is 25.7 Å². The minimum absolute atomic E-state index is 0.232. The minimum atomic E-state index is -0.559. The van der Waals surface area contributed by atoms with E-state index in [0.29, 0.717) is 5.82 Å². The van der Waals surface area contributed by atoms with E-state index in [0.717, 1.165) is 0 Å². The Balaban J connectivity index is 2.84. The van der Waals surface area contributed by atoms with E-state index in [1.165, 1.54) is 0 Å². The predicted molar refractivity (Wildman–Crippen MR) is 38.9 cm³/mol. The zero-order valence-corrected chi connectivity index (χ0v) is 6.50. The average molecular weight is 157 g/mol. The topological polar surface area (TPSA) is 84.9 Å². The maximum atomic E-state index is 10.5. The first-order valence-corrected chi connectivity index (χ1v) is 3.42. The van der Waals surface area contributed by atoms with Crippen LogP contribution in [0, 0.1) is 5.92 Å². The number of hydrogen-bond donors (Lipinski definition) is 2. The van der Waals surface area contributed by atoms with Gasteiger partial charge in [-0.3, -0.25) is 9.51 Å². The molecule has 0 aliphatic rings. The first kappa shape index (κ1) is 8.00. The van der Waals surface area contributed by atoms with E-state index in [-0.39, 0.29) is 12.0 Å². The molecule has 1 atom stereocenters. The highest BCUT2D eigenvalue weighted by molar-refractivity contribution is 4.89. The lowest BCUT2D eigenvalue weighted by molar-refractivity contribution is 0.369. The third-order valence-corrected chi connectivity index (χ3v) is 1.49. The van der Waals surface area contributed by atoms with Crippen LogP contribution in [0.15, 0.2) is 9.32 Å². The van der Waals surface area contributed by atoms with Crippen molar-refractivity contribution in [2.75, 3.05) is 0 Å². The van der Waals surface area contributed by atoms with Gasteiger partial charge < -0.3 is 5.73 Å². The van der Waals surface area contributed by atoms with Crippen molar-refractivity contribution < 1.29 is 4.52 Å². The van der Waals surface area contributed by atoms with Crippen LogP contribution in [0.25, 0.3) is 0 Å². The van der Waals surface area contributed by atoms with Gasteiger partial charge in [0.1, 0.15) is 0 Å². The van der Waals surface area contributed by atoms with E-state index >= 15 is 0 Å². The van der Waals surface area contributed by atoms with Crippen LogP contribution >= 0.6 is 0 Å². The molecule has 5 heteroatoms. The van der Waals surface area contributed by atoms with E-state index in [2.05, 4.69) is 14.7 Å². The van der Waals surface area contributed by atoms with Gasteiger partial charge in [-0.1, -0.05) is 19.0 Å². The molecule has 11 heavy (non-hydrogen) atoms. The molecule has 0 amide bonds. The molecule has 0 saturated heterocycles. The van der Waals surface area contributed by atoms with Crippen LogP contribution in [0.5, 0.6) is 0 Å². The summed E-state index contributed by atoms with van der Waals surface area (Å²) in [6, 6.07) is -0.263. The quantitative estimate of drug-likeness (QED) is 0.633. The molecule has 0 aliphatic carbocycles. The van der Waals surface area contributed by atoms with Crippen LogP contribution in [0.2, 0.25) is 0 Å². The molecular weight excluding hydrogens is 146 g/mol. The molecule has 0 bridgehead atoms. The molecule has 0 unspecified atom stereocenters. The molecule has 1 heterocycles. The Labute approximate surface area is 63.6 Å². The number of hydrogen-bond acceptors (Lipinski definition) is 4. The van der Waals surface area contributed by atoms with E-state index in [1.54, 1.807) is 0 Å². The summed E-state index contributed by atoms with van der Waals surface area (Å²) in [5.74, 6) is 0.0804. The van der Waals surface area contributed by atoms with E-state index in [9.17, 15) is 4.79 Å². The molecule has 0 radical (unpaired) electrons. The van der Waals surface area contributed by atoms with Crippen molar-refractivity contribution in [2.45, 2.75) is 19.9 Å². The molecule has 0 aliphatic heterocycles. The Bertz CT molecular complexity index is 275. The lowest BCUT2D eigenvalue weighted by Crippen LogP contribution is -2.18. The Hall–Kier alpha value is -1.10. The van der Waals surface area contributed by atoms with Gasteiger partial charge in [0, 0.05) is 0 Å². The van der Waals surface area contributed by atoms with Gasteiger partial charge in [0.2, 0.25) is 0 Å². The van der Waals surface area contributed by atoms with Crippen molar-refractivity contribution >= 4 is 0 Å². The second-order valence-electron chi connectivity index (χ2n) is 2.75. The third kappa shape index (κ3) is 1.68. The number of rotatable bonds is 2. The molecule has 0 aromatic carbocycles. The van der Waals surface area contributed by atoms with Crippen LogP contribution in [0.3, 0.4) is 0 Å². The zero-order valence-electron chi connectivity index (χ0n) is 6.50. The monoisotopic (exact) mass is 157 g/mol. The SMILES string of the molecule is CC(C)[C@@H](N)c1noc(=O)[nH]1. The Morgan fingerprint density at radius 3 is 2.64 bits per heavy atom. The zero-order chi connectivity index (χ0) is 8.43. The van der Waals surface area contributed by atoms with Gasteiger partial charge in [-0.2, -0.15) is 0 Å². The van der Waals surface area contributed by atoms with Crippen molar-refractivity contribution in [1.82, 2.24) is 10.1 Å². The number of nitrogens with zero attached hydrogens (tertiary/aromatic N) is 1. The standard InChI is InChI=1S/C6H11N3O2/c1-3(2)4(7)5-8-6(10)11-9-5/h3-4H,7H2,1-2H3,(H,8,9,10)/t4-/m1/s1. The van der Waals surface area contributed by atoms with Gasteiger partial charge >= 0.3 is 5.76 Å². The molecule has 0 saturated carbocycles. The first-order chi connectivity index (χ1) is 5.11. The second kappa shape index (κ2) is 2.87. The fraction of sp³-hybridized carbons (Fsp3) is 0.667. The number of aromatic amines is 1. The van der Waals surface area contributed by atoms with E-state index in [1.807, 2.05) is 13.8 Å². The molecular formula is C6H11N3O2. The van der Waals surface area contributed by atoms with Crippen molar-refractivity contribution in [3.63, 3.8) is 0 Å². The molecule has 3 N–H and O–H groups in total. The summed E-state index contributed by atoms with van der Waals surface area (Å²) in [6.45, 7) is 3.88. The maximum Gasteiger partial charge on any atom is 0.438 e. The smallest absolute Gasteiger partial charge is 0.321 e. The first-order valence-electron chi connectivity index (χ1n) is 3.42. The Kier molecular flexibility index (Phi) is 2.09. The highest BCUT2D eigenvalue weighted by atomic mass is 16.5. The third-order valence-electron chi connectivity index (χ3n) is 1.49. The molecule has 0 fully saturated rings.